The Labute approximate surface area is 145 Å². The van der Waals surface area contributed by atoms with Gasteiger partial charge < -0.3 is 4.74 Å². The molecule has 1 aliphatic carbocycles. The van der Waals surface area contributed by atoms with Gasteiger partial charge in [-0.15, -0.1) is 0 Å². The normalized spacial score (nSPS) is 18.2. The number of halogens is 1. The van der Waals surface area contributed by atoms with Gasteiger partial charge in [-0.25, -0.2) is 17.5 Å². The summed E-state index contributed by atoms with van der Waals surface area (Å²) in [5.74, 6) is -0.161. The minimum Gasteiger partial charge on any atom is -0.462 e. The Morgan fingerprint density at radius 1 is 1.35 bits per heavy atom. The molecule has 0 fully saturated rings. The molecule has 0 aromatic heterocycles. The van der Waals surface area contributed by atoms with Crippen LogP contribution in [0, 0.1) is 5.92 Å². The number of hydrogen-bond donors (Lipinski definition) is 0. The van der Waals surface area contributed by atoms with E-state index in [0.29, 0.717) is 17.0 Å². The van der Waals surface area contributed by atoms with Crippen molar-refractivity contribution in [2.75, 3.05) is 20.7 Å². The van der Waals surface area contributed by atoms with Crippen LogP contribution in [0.25, 0.3) is 0 Å². The number of benzene rings is 1. The molecule has 0 radical (unpaired) electrons. The molecule has 0 amide bonds. The molecule has 0 bridgehead atoms. The van der Waals surface area contributed by atoms with E-state index in [1.807, 2.05) is 0 Å². The molecule has 0 heterocycles. The fourth-order valence-corrected chi connectivity index (χ4v) is 4.15. The fourth-order valence-electron chi connectivity index (χ4n) is 2.31. The largest absolute Gasteiger partial charge is 0.462 e. The van der Waals surface area contributed by atoms with Gasteiger partial charge in [0.25, 0.3) is 0 Å². The molecule has 1 unspecified atom stereocenters. The first-order valence-corrected chi connectivity index (χ1v) is 9.60. The smallest absolute Gasteiger partial charge is 0.338 e. The molecule has 7 heteroatoms. The zero-order chi connectivity index (χ0) is 17.0. The van der Waals surface area contributed by atoms with Gasteiger partial charge in [0.1, 0.15) is 0 Å². The number of esters is 1. The quantitative estimate of drug-likeness (QED) is 0.561. The standard InChI is InChI=1S/C16H20BrNO4S/c1-18(2)23(20,21)15-10-13(8-9-14(15)17)16(19)22-11-12-6-4-3-5-7-12/h3-4,8-10,12H,5-7,11H2,1-2H3. The van der Waals surface area contributed by atoms with Gasteiger partial charge in [0, 0.05) is 18.6 Å². The third kappa shape index (κ3) is 4.43. The Kier molecular flexibility index (Phi) is 6.00. The molecule has 0 aliphatic heterocycles. The van der Waals surface area contributed by atoms with E-state index in [1.165, 1.54) is 20.2 Å². The third-order valence-corrected chi connectivity index (χ3v) is 6.56. The molecule has 1 atom stereocenters. The summed E-state index contributed by atoms with van der Waals surface area (Å²) in [5.41, 5.74) is 0.236. The molecule has 1 aromatic rings. The average molecular weight is 402 g/mol. The number of rotatable bonds is 5. The molecule has 0 spiro atoms. The lowest BCUT2D eigenvalue weighted by Gasteiger charge is -2.18. The van der Waals surface area contributed by atoms with E-state index in [-0.39, 0.29) is 10.5 Å². The van der Waals surface area contributed by atoms with Crippen LogP contribution in [-0.4, -0.2) is 39.4 Å². The maximum Gasteiger partial charge on any atom is 0.338 e. The highest BCUT2D eigenvalue weighted by atomic mass is 79.9. The Hall–Kier alpha value is -1.18. The molecule has 0 N–H and O–H groups in total. The summed E-state index contributed by atoms with van der Waals surface area (Å²) in [4.78, 5) is 12.2. The zero-order valence-corrected chi connectivity index (χ0v) is 15.6. The molecule has 5 nitrogen and oxygen atoms in total. The highest BCUT2D eigenvalue weighted by molar-refractivity contribution is 9.10. The predicted molar refractivity (Wildman–Crippen MR) is 91.8 cm³/mol. The topological polar surface area (TPSA) is 63.7 Å². The summed E-state index contributed by atoms with van der Waals surface area (Å²) in [6.07, 6.45) is 7.15. The maximum atomic E-state index is 12.3. The molecular weight excluding hydrogens is 382 g/mol. The Balaban J connectivity index is 2.13. The molecule has 2 rings (SSSR count). The van der Waals surface area contributed by atoms with Crippen LogP contribution >= 0.6 is 15.9 Å². The minimum absolute atomic E-state index is 0.0533. The first-order chi connectivity index (χ1) is 10.8. The molecular formula is C16H20BrNO4S. The summed E-state index contributed by atoms with van der Waals surface area (Å²) in [5, 5.41) is 0. The summed E-state index contributed by atoms with van der Waals surface area (Å²) in [7, 11) is -0.734. The van der Waals surface area contributed by atoms with E-state index in [9.17, 15) is 13.2 Å². The Morgan fingerprint density at radius 3 is 2.70 bits per heavy atom. The molecule has 0 saturated heterocycles. The van der Waals surface area contributed by atoms with Crippen molar-refractivity contribution in [3.05, 3.63) is 40.4 Å². The van der Waals surface area contributed by atoms with Crippen molar-refractivity contribution in [2.24, 2.45) is 5.92 Å². The van der Waals surface area contributed by atoms with Gasteiger partial charge in [-0.05, 0) is 59.3 Å². The van der Waals surface area contributed by atoms with Crippen LogP contribution in [0.15, 0.2) is 39.7 Å². The number of hydrogen-bond acceptors (Lipinski definition) is 4. The number of nitrogens with zero attached hydrogens (tertiary/aromatic N) is 1. The third-order valence-electron chi connectivity index (χ3n) is 3.75. The summed E-state index contributed by atoms with van der Waals surface area (Å²) >= 11 is 3.22. The number of allylic oxidation sites excluding steroid dienone is 2. The van der Waals surface area contributed by atoms with E-state index in [1.54, 1.807) is 12.1 Å². The highest BCUT2D eigenvalue weighted by Crippen LogP contribution is 2.26. The summed E-state index contributed by atoms with van der Waals surface area (Å²) in [6.45, 7) is 0.356. The van der Waals surface area contributed by atoms with Gasteiger partial charge in [-0.1, -0.05) is 12.2 Å². The second kappa shape index (κ2) is 7.59. The van der Waals surface area contributed by atoms with Crippen molar-refractivity contribution in [1.82, 2.24) is 4.31 Å². The van der Waals surface area contributed by atoms with Crippen LogP contribution in [0.2, 0.25) is 0 Å². The van der Waals surface area contributed by atoms with Crippen LogP contribution in [0.4, 0.5) is 0 Å². The van der Waals surface area contributed by atoms with Gasteiger partial charge in [0.05, 0.1) is 17.1 Å². The van der Waals surface area contributed by atoms with Crippen LogP contribution in [-0.2, 0) is 14.8 Å². The second-order valence-corrected chi connectivity index (χ2v) is 8.66. The zero-order valence-electron chi connectivity index (χ0n) is 13.2. The lowest BCUT2D eigenvalue weighted by molar-refractivity contribution is 0.0432. The van der Waals surface area contributed by atoms with Crippen molar-refractivity contribution in [3.8, 4) is 0 Å². The van der Waals surface area contributed by atoms with E-state index in [2.05, 4.69) is 28.1 Å². The fraction of sp³-hybridized carbons (Fsp3) is 0.438. The van der Waals surface area contributed by atoms with Crippen molar-refractivity contribution in [3.63, 3.8) is 0 Å². The van der Waals surface area contributed by atoms with E-state index < -0.39 is 16.0 Å². The van der Waals surface area contributed by atoms with Crippen molar-refractivity contribution in [1.29, 1.82) is 0 Å². The highest BCUT2D eigenvalue weighted by Gasteiger charge is 2.23. The van der Waals surface area contributed by atoms with Crippen molar-refractivity contribution >= 4 is 31.9 Å². The lowest BCUT2D eigenvalue weighted by atomic mass is 9.95. The molecule has 126 valence electrons. The van der Waals surface area contributed by atoms with Crippen LogP contribution < -0.4 is 0 Å². The van der Waals surface area contributed by atoms with Crippen molar-refractivity contribution < 1.29 is 17.9 Å². The van der Waals surface area contributed by atoms with Gasteiger partial charge in [-0.2, -0.15) is 0 Å². The van der Waals surface area contributed by atoms with Gasteiger partial charge in [0.2, 0.25) is 10.0 Å². The average Bonchev–Trinajstić information content (AvgIpc) is 2.53. The number of carbonyl (C=O) groups is 1. The SMILES string of the molecule is CN(C)S(=O)(=O)c1cc(C(=O)OCC2CC=CCC2)ccc1Br. The van der Waals surface area contributed by atoms with Gasteiger partial charge in [-0.3, -0.25) is 0 Å². The van der Waals surface area contributed by atoms with E-state index in [4.69, 9.17) is 4.74 Å². The Bertz CT molecular complexity index is 713. The predicted octanol–water partition coefficient (Wildman–Crippen LogP) is 3.21. The molecule has 23 heavy (non-hydrogen) atoms. The van der Waals surface area contributed by atoms with Gasteiger partial charge in [0.15, 0.2) is 0 Å². The van der Waals surface area contributed by atoms with Crippen molar-refractivity contribution in [2.45, 2.75) is 24.2 Å². The molecule has 1 aliphatic rings. The van der Waals surface area contributed by atoms with Crippen LogP contribution in [0.3, 0.4) is 0 Å². The minimum atomic E-state index is -3.63. The van der Waals surface area contributed by atoms with Crippen LogP contribution in [0.1, 0.15) is 29.6 Å². The second-order valence-electron chi connectivity index (χ2n) is 5.68. The monoisotopic (exact) mass is 401 g/mol. The molecule has 0 saturated carbocycles. The first kappa shape index (κ1) is 18.2. The molecule has 1 aromatic carbocycles. The first-order valence-electron chi connectivity index (χ1n) is 7.36. The van der Waals surface area contributed by atoms with E-state index in [0.717, 1.165) is 23.6 Å². The number of sulfonamides is 1. The van der Waals surface area contributed by atoms with E-state index >= 15 is 0 Å². The Morgan fingerprint density at radius 2 is 2.09 bits per heavy atom. The summed E-state index contributed by atoms with van der Waals surface area (Å²) < 4.78 is 31.4. The number of carbonyl (C=O) groups excluding carboxylic acids is 1. The number of ether oxygens (including phenoxy) is 1. The van der Waals surface area contributed by atoms with Gasteiger partial charge >= 0.3 is 5.97 Å². The van der Waals surface area contributed by atoms with Crippen LogP contribution in [0.5, 0.6) is 0 Å². The lowest BCUT2D eigenvalue weighted by Crippen LogP contribution is -2.23. The summed E-state index contributed by atoms with van der Waals surface area (Å²) in [6, 6.07) is 4.46. The maximum absolute atomic E-state index is 12.3.